The third-order valence-electron chi connectivity index (χ3n) is 6.10. The van der Waals surface area contributed by atoms with E-state index in [1.807, 2.05) is 45.9 Å². The normalized spacial score (nSPS) is 13.6. The van der Waals surface area contributed by atoms with E-state index < -0.39 is 5.97 Å². The molecule has 2 aromatic heterocycles. The van der Waals surface area contributed by atoms with Gasteiger partial charge in [0.2, 0.25) is 0 Å². The molecule has 8 nitrogen and oxygen atoms in total. The molecule has 0 aliphatic carbocycles. The van der Waals surface area contributed by atoms with Gasteiger partial charge in [-0.3, -0.25) is 15.0 Å². The Morgan fingerprint density at radius 1 is 1.15 bits per heavy atom. The van der Waals surface area contributed by atoms with Gasteiger partial charge in [0.05, 0.1) is 17.6 Å². The zero-order chi connectivity index (χ0) is 24.1. The molecule has 3 heterocycles. The number of fused-ring (bicyclic) bond motifs is 2. The Kier molecular flexibility index (Phi) is 5.56. The quantitative estimate of drug-likeness (QED) is 0.557. The van der Waals surface area contributed by atoms with Crippen LogP contribution in [-0.2, 0) is 29.7 Å². The molecule has 3 aromatic rings. The SMILES string of the molecule is CCc1ccc2c(n1)C(=N)N(CC(=O)c1cc(C(C)(C)C)c3nc(C)n(CC(=O)O)c3c1)C2. The van der Waals surface area contributed by atoms with Crippen molar-refractivity contribution in [2.75, 3.05) is 6.54 Å². The average Bonchev–Trinajstić information content (AvgIpc) is 3.22. The van der Waals surface area contributed by atoms with E-state index in [1.165, 1.54) is 0 Å². The maximum absolute atomic E-state index is 13.4. The van der Waals surface area contributed by atoms with Gasteiger partial charge in [0.15, 0.2) is 5.78 Å². The summed E-state index contributed by atoms with van der Waals surface area (Å²) in [5.74, 6) is -0.236. The molecular formula is C25H29N5O3. The number of Topliss-reactive ketones (excluding diaryl/α,β-unsaturated/α-hetero) is 1. The molecule has 33 heavy (non-hydrogen) atoms. The second kappa shape index (κ2) is 8.10. The highest BCUT2D eigenvalue weighted by Crippen LogP contribution is 2.32. The molecule has 8 heteroatoms. The van der Waals surface area contributed by atoms with Crippen molar-refractivity contribution in [2.24, 2.45) is 0 Å². The van der Waals surface area contributed by atoms with E-state index >= 15 is 0 Å². The van der Waals surface area contributed by atoms with Crippen LogP contribution >= 0.6 is 0 Å². The Balaban J connectivity index is 1.71. The third kappa shape index (κ3) is 4.13. The largest absolute Gasteiger partial charge is 0.480 e. The standard InChI is InChI=1S/C25H29N5O3/c1-6-17-8-7-15-11-29(24(26)22(15)28-17)12-20(31)16-9-18(25(3,4)5)23-19(10-16)30(13-21(32)33)14(2)27-23/h7-10,26H,6,11-13H2,1-5H3,(H,32,33). The number of nitrogens with one attached hydrogen (secondary N) is 1. The first-order valence-corrected chi connectivity index (χ1v) is 11.1. The number of imidazole rings is 1. The Morgan fingerprint density at radius 3 is 2.52 bits per heavy atom. The Bertz CT molecular complexity index is 1300. The van der Waals surface area contributed by atoms with E-state index in [1.54, 1.807) is 22.5 Å². The highest BCUT2D eigenvalue weighted by molar-refractivity contribution is 6.05. The highest BCUT2D eigenvalue weighted by atomic mass is 16.4. The van der Waals surface area contributed by atoms with Crippen molar-refractivity contribution < 1.29 is 14.7 Å². The number of aryl methyl sites for hydroxylation is 2. The second-order valence-corrected chi connectivity index (χ2v) is 9.57. The summed E-state index contributed by atoms with van der Waals surface area (Å²) in [5, 5.41) is 17.9. The smallest absolute Gasteiger partial charge is 0.323 e. The minimum absolute atomic E-state index is 0.0534. The molecule has 0 amide bonds. The van der Waals surface area contributed by atoms with Gasteiger partial charge >= 0.3 is 5.97 Å². The highest BCUT2D eigenvalue weighted by Gasteiger charge is 2.29. The summed E-state index contributed by atoms with van der Waals surface area (Å²) in [6.07, 6.45) is 0.790. The molecule has 2 N–H and O–H groups in total. The number of aromatic nitrogens is 3. The zero-order valence-electron chi connectivity index (χ0n) is 19.7. The number of nitrogens with zero attached hydrogens (tertiary/aromatic N) is 4. The van der Waals surface area contributed by atoms with E-state index in [-0.39, 0.29) is 30.1 Å². The van der Waals surface area contributed by atoms with Crippen LogP contribution in [0.2, 0.25) is 0 Å². The first-order valence-electron chi connectivity index (χ1n) is 11.1. The number of carbonyl (C=O) groups is 2. The number of rotatable bonds is 6. The van der Waals surface area contributed by atoms with Crippen LogP contribution in [-0.4, -0.2) is 48.7 Å². The molecular weight excluding hydrogens is 418 g/mol. The second-order valence-electron chi connectivity index (χ2n) is 9.57. The van der Waals surface area contributed by atoms with Crippen molar-refractivity contribution in [1.82, 2.24) is 19.4 Å². The van der Waals surface area contributed by atoms with Crippen LogP contribution in [0.5, 0.6) is 0 Å². The molecule has 1 aliphatic rings. The van der Waals surface area contributed by atoms with Gasteiger partial charge in [0.1, 0.15) is 23.9 Å². The van der Waals surface area contributed by atoms with Crippen LogP contribution in [0.25, 0.3) is 11.0 Å². The predicted molar refractivity (Wildman–Crippen MR) is 126 cm³/mol. The topological polar surface area (TPSA) is 112 Å². The number of hydrogen-bond donors (Lipinski definition) is 2. The molecule has 172 valence electrons. The molecule has 1 aliphatic heterocycles. The van der Waals surface area contributed by atoms with E-state index in [2.05, 4.69) is 9.97 Å². The molecule has 0 radical (unpaired) electrons. The molecule has 0 atom stereocenters. The minimum Gasteiger partial charge on any atom is -0.480 e. The number of ketones is 1. The van der Waals surface area contributed by atoms with Crippen LogP contribution in [0.4, 0.5) is 0 Å². The summed E-state index contributed by atoms with van der Waals surface area (Å²) in [4.78, 5) is 35.7. The van der Waals surface area contributed by atoms with Crippen molar-refractivity contribution in [3.63, 3.8) is 0 Å². The van der Waals surface area contributed by atoms with Gasteiger partial charge in [0.25, 0.3) is 0 Å². The molecule has 0 bridgehead atoms. The van der Waals surface area contributed by atoms with Crippen molar-refractivity contribution in [1.29, 1.82) is 5.41 Å². The summed E-state index contributed by atoms with van der Waals surface area (Å²) >= 11 is 0. The van der Waals surface area contributed by atoms with Gasteiger partial charge in [0, 0.05) is 23.4 Å². The van der Waals surface area contributed by atoms with Crippen LogP contribution in [0.1, 0.15) is 66.4 Å². The van der Waals surface area contributed by atoms with Gasteiger partial charge in [-0.25, -0.2) is 9.97 Å². The van der Waals surface area contributed by atoms with Crippen LogP contribution in [0, 0.1) is 12.3 Å². The van der Waals surface area contributed by atoms with Crippen LogP contribution in [0.3, 0.4) is 0 Å². The molecule has 0 unspecified atom stereocenters. The van der Waals surface area contributed by atoms with E-state index in [9.17, 15) is 14.7 Å². The van der Waals surface area contributed by atoms with E-state index in [0.29, 0.717) is 29.1 Å². The molecule has 4 rings (SSSR count). The third-order valence-corrected chi connectivity index (χ3v) is 6.10. The molecule has 0 spiro atoms. The lowest BCUT2D eigenvalue weighted by Crippen LogP contribution is -2.30. The van der Waals surface area contributed by atoms with Gasteiger partial charge in [-0.15, -0.1) is 0 Å². The maximum Gasteiger partial charge on any atom is 0.323 e. The van der Waals surface area contributed by atoms with E-state index in [0.717, 1.165) is 28.8 Å². The fourth-order valence-corrected chi connectivity index (χ4v) is 4.30. The number of benzene rings is 1. The van der Waals surface area contributed by atoms with Crippen LogP contribution < -0.4 is 0 Å². The number of pyridine rings is 1. The van der Waals surface area contributed by atoms with Gasteiger partial charge in [-0.2, -0.15) is 0 Å². The summed E-state index contributed by atoms with van der Waals surface area (Å²) < 4.78 is 1.63. The van der Waals surface area contributed by atoms with E-state index in [4.69, 9.17) is 5.41 Å². The van der Waals surface area contributed by atoms with Crippen molar-refractivity contribution in [3.05, 3.63) is 58.2 Å². The summed E-state index contributed by atoms with van der Waals surface area (Å²) in [6, 6.07) is 7.54. The van der Waals surface area contributed by atoms with Crippen LogP contribution in [0.15, 0.2) is 24.3 Å². The number of carboxylic acids is 1. The zero-order valence-corrected chi connectivity index (χ0v) is 19.7. The monoisotopic (exact) mass is 447 g/mol. The minimum atomic E-state index is -0.964. The Hall–Kier alpha value is -3.55. The lowest BCUT2D eigenvalue weighted by Gasteiger charge is -2.22. The lowest BCUT2D eigenvalue weighted by atomic mass is 9.84. The number of amidine groups is 1. The fourth-order valence-electron chi connectivity index (χ4n) is 4.30. The van der Waals surface area contributed by atoms with Crippen molar-refractivity contribution in [3.8, 4) is 0 Å². The first-order chi connectivity index (χ1) is 15.5. The number of aliphatic carboxylic acids is 1. The Labute approximate surface area is 192 Å². The van der Waals surface area contributed by atoms with Crippen molar-refractivity contribution in [2.45, 2.75) is 59.5 Å². The number of hydrogen-bond acceptors (Lipinski definition) is 5. The van der Waals surface area contributed by atoms with Gasteiger partial charge in [-0.1, -0.05) is 33.8 Å². The predicted octanol–water partition coefficient (Wildman–Crippen LogP) is 3.71. The average molecular weight is 448 g/mol. The molecule has 0 saturated carbocycles. The molecule has 1 aromatic carbocycles. The summed E-state index contributed by atoms with van der Waals surface area (Å²) in [6.45, 7) is 10.2. The van der Waals surface area contributed by atoms with Crippen molar-refractivity contribution >= 4 is 28.6 Å². The molecule has 0 fully saturated rings. The summed E-state index contributed by atoms with van der Waals surface area (Å²) in [7, 11) is 0. The van der Waals surface area contributed by atoms with Gasteiger partial charge in [-0.05, 0) is 42.5 Å². The summed E-state index contributed by atoms with van der Waals surface area (Å²) in [5.41, 5.74) is 4.97. The molecule has 0 saturated heterocycles. The maximum atomic E-state index is 13.4. The number of carboxylic acid groups (broad SMARTS) is 1. The Morgan fingerprint density at radius 2 is 1.88 bits per heavy atom. The number of carbonyl (C=O) groups excluding carboxylic acids is 1. The first kappa shape index (κ1) is 22.6. The van der Waals surface area contributed by atoms with Gasteiger partial charge < -0.3 is 14.6 Å². The lowest BCUT2D eigenvalue weighted by molar-refractivity contribution is -0.137. The fraction of sp³-hybridized carbons (Fsp3) is 0.400.